The maximum atomic E-state index is 9.52. The molecule has 1 atom stereocenters. The summed E-state index contributed by atoms with van der Waals surface area (Å²) in [4.78, 5) is 4.11. The van der Waals surface area contributed by atoms with E-state index in [4.69, 9.17) is 25.8 Å². The Morgan fingerprint density at radius 2 is 1.70 bits per heavy atom. The Labute approximate surface area is 281 Å². The van der Waals surface area contributed by atoms with E-state index in [2.05, 4.69) is 47.7 Å². The molecule has 0 saturated carbocycles. The van der Waals surface area contributed by atoms with Gasteiger partial charge in [0, 0.05) is 48.6 Å². The summed E-state index contributed by atoms with van der Waals surface area (Å²) >= 11 is 6.72. The van der Waals surface area contributed by atoms with Gasteiger partial charge >= 0.3 is 0 Å². The highest BCUT2D eigenvalue weighted by molar-refractivity contribution is 6.32. The maximum absolute atomic E-state index is 9.52. The van der Waals surface area contributed by atoms with E-state index in [-0.39, 0.29) is 26.4 Å². The van der Waals surface area contributed by atoms with Crippen LogP contribution in [0.15, 0.2) is 67.0 Å². The number of hydrogen-bond acceptors (Lipinski definition) is 9. The standard InChI is InChI=1S/C37H41ClN4O5/c1-24-29(5-3-6-32(24)33-7-4-8-35(25(33)2)45-21-26-9-10-40-15-26)23-47-37-13-36(46-22-28-11-27(14-39)16-41-17-28)30(12-34(37)38)18-42-31(19-43)20-44/h3-8,11-13,16-17,26,31,40,42-44H,9-10,15,18-23H2,1-2H3. The highest BCUT2D eigenvalue weighted by Gasteiger charge is 2.18. The number of benzene rings is 3. The maximum Gasteiger partial charge on any atom is 0.142 e. The van der Waals surface area contributed by atoms with Gasteiger partial charge in [0.25, 0.3) is 0 Å². The van der Waals surface area contributed by atoms with E-state index in [1.165, 1.54) is 6.20 Å². The summed E-state index contributed by atoms with van der Waals surface area (Å²) in [5.41, 5.74) is 7.35. The first-order valence-corrected chi connectivity index (χ1v) is 16.2. The van der Waals surface area contributed by atoms with Gasteiger partial charge in [0.1, 0.15) is 36.5 Å². The average Bonchev–Trinajstić information content (AvgIpc) is 3.62. The number of nitrogens with zero attached hydrogens (tertiary/aromatic N) is 2. The van der Waals surface area contributed by atoms with Gasteiger partial charge in [0.2, 0.25) is 0 Å². The second kappa shape index (κ2) is 16.6. The summed E-state index contributed by atoms with van der Waals surface area (Å²) in [5.74, 6) is 2.41. The van der Waals surface area contributed by atoms with Crippen molar-refractivity contribution in [2.75, 3.05) is 32.9 Å². The van der Waals surface area contributed by atoms with Gasteiger partial charge in [-0.25, -0.2) is 0 Å². The highest BCUT2D eigenvalue weighted by Crippen LogP contribution is 2.36. The molecule has 9 nitrogen and oxygen atoms in total. The van der Waals surface area contributed by atoms with Crippen molar-refractivity contribution in [1.29, 1.82) is 5.26 Å². The zero-order valence-corrected chi connectivity index (χ0v) is 27.5. The molecule has 5 rings (SSSR count). The van der Waals surface area contributed by atoms with Crippen molar-refractivity contribution in [1.82, 2.24) is 15.6 Å². The van der Waals surface area contributed by atoms with Gasteiger partial charge in [-0.2, -0.15) is 5.26 Å². The quantitative estimate of drug-likeness (QED) is 0.131. The first-order chi connectivity index (χ1) is 22.9. The largest absolute Gasteiger partial charge is 0.493 e. The number of nitrogens with one attached hydrogen (secondary N) is 2. The number of hydrogen-bond donors (Lipinski definition) is 4. The Morgan fingerprint density at radius 1 is 0.936 bits per heavy atom. The molecule has 0 spiro atoms. The molecule has 3 aromatic carbocycles. The second-order valence-corrected chi connectivity index (χ2v) is 12.2. The van der Waals surface area contributed by atoms with Crippen LogP contribution in [0.2, 0.25) is 5.02 Å². The fourth-order valence-corrected chi connectivity index (χ4v) is 5.84. The Balaban J connectivity index is 1.35. The summed E-state index contributed by atoms with van der Waals surface area (Å²) in [6, 6.07) is 19.2. The van der Waals surface area contributed by atoms with Crippen LogP contribution in [0.4, 0.5) is 0 Å². The molecular weight excluding hydrogens is 616 g/mol. The molecule has 1 aromatic heterocycles. The number of nitriles is 1. The van der Waals surface area contributed by atoms with E-state index in [0.29, 0.717) is 41.2 Å². The lowest BCUT2D eigenvalue weighted by Crippen LogP contribution is -2.35. The highest BCUT2D eigenvalue weighted by atomic mass is 35.5. The number of aliphatic hydroxyl groups is 2. The molecule has 0 bridgehead atoms. The molecule has 1 unspecified atom stereocenters. The number of ether oxygens (including phenoxy) is 3. The van der Waals surface area contributed by atoms with Crippen molar-refractivity contribution in [3.8, 4) is 34.4 Å². The minimum atomic E-state index is -0.496. The van der Waals surface area contributed by atoms with Crippen molar-refractivity contribution < 1.29 is 24.4 Å². The van der Waals surface area contributed by atoms with Crippen molar-refractivity contribution >= 4 is 11.6 Å². The molecule has 0 aliphatic carbocycles. The Kier molecular flexibility index (Phi) is 12.1. The Hall–Kier alpha value is -4.17. The van der Waals surface area contributed by atoms with E-state index >= 15 is 0 Å². The third-order valence-electron chi connectivity index (χ3n) is 8.50. The van der Waals surface area contributed by atoms with Crippen LogP contribution in [0, 0.1) is 31.1 Å². The molecule has 0 amide bonds. The third-order valence-corrected chi connectivity index (χ3v) is 8.79. The monoisotopic (exact) mass is 656 g/mol. The minimum Gasteiger partial charge on any atom is -0.493 e. The zero-order chi connectivity index (χ0) is 33.2. The first kappa shape index (κ1) is 34.2. The summed E-state index contributed by atoms with van der Waals surface area (Å²) in [5, 5.41) is 35.2. The molecule has 1 saturated heterocycles. The minimum absolute atomic E-state index is 0.168. The van der Waals surface area contributed by atoms with Crippen LogP contribution < -0.4 is 24.8 Å². The van der Waals surface area contributed by atoms with E-state index in [1.54, 1.807) is 24.4 Å². The van der Waals surface area contributed by atoms with Crippen LogP contribution in [-0.2, 0) is 19.8 Å². The van der Waals surface area contributed by atoms with Crippen LogP contribution in [-0.4, -0.2) is 54.1 Å². The van der Waals surface area contributed by atoms with E-state index in [9.17, 15) is 15.5 Å². The number of halogens is 1. The Bertz CT molecular complexity index is 1700. The normalized spacial score (nSPS) is 14.3. The van der Waals surface area contributed by atoms with Crippen molar-refractivity contribution in [2.45, 2.75) is 46.1 Å². The van der Waals surface area contributed by atoms with Gasteiger partial charge in [0.15, 0.2) is 0 Å². The Morgan fingerprint density at radius 3 is 2.45 bits per heavy atom. The molecule has 246 valence electrons. The summed E-state index contributed by atoms with van der Waals surface area (Å²) in [6.07, 6.45) is 4.28. The third kappa shape index (κ3) is 8.80. The van der Waals surface area contributed by atoms with Crippen molar-refractivity contribution in [3.05, 3.63) is 105 Å². The average molecular weight is 657 g/mol. The van der Waals surface area contributed by atoms with Crippen LogP contribution in [0.25, 0.3) is 11.1 Å². The number of pyridine rings is 1. The van der Waals surface area contributed by atoms with Gasteiger partial charge < -0.3 is 35.1 Å². The first-order valence-electron chi connectivity index (χ1n) is 15.8. The van der Waals surface area contributed by atoms with Gasteiger partial charge in [-0.1, -0.05) is 41.9 Å². The van der Waals surface area contributed by atoms with Crippen molar-refractivity contribution in [3.63, 3.8) is 0 Å². The van der Waals surface area contributed by atoms with Crippen LogP contribution >= 0.6 is 11.6 Å². The van der Waals surface area contributed by atoms with Crippen LogP contribution in [0.3, 0.4) is 0 Å². The fraction of sp³-hybridized carbons (Fsp3) is 0.351. The summed E-state index contributed by atoms with van der Waals surface area (Å²) < 4.78 is 18.7. The molecular formula is C37H41ClN4O5. The predicted molar refractivity (Wildman–Crippen MR) is 182 cm³/mol. The van der Waals surface area contributed by atoms with Crippen molar-refractivity contribution in [2.24, 2.45) is 5.92 Å². The molecule has 0 radical (unpaired) electrons. The number of aliphatic hydroxyl groups excluding tert-OH is 2. The predicted octanol–water partition coefficient (Wildman–Crippen LogP) is 5.48. The van der Waals surface area contributed by atoms with E-state index in [0.717, 1.165) is 64.2 Å². The molecule has 1 fully saturated rings. The smallest absolute Gasteiger partial charge is 0.142 e. The van der Waals surface area contributed by atoms with Crippen LogP contribution in [0.1, 0.15) is 39.8 Å². The lowest BCUT2D eigenvalue weighted by molar-refractivity contribution is 0.170. The topological polar surface area (TPSA) is 129 Å². The summed E-state index contributed by atoms with van der Waals surface area (Å²) in [6.45, 7) is 7.25. The molecule has 4 aromatic rings. The lowest BCUT2D eigenvalue weighted by atomic mass is 9.93. The molecule has 2 heterocycles. The molecule has 1 aliphatic rings. The van der Waals surface area contributed by atoms with Gasteiger partial charge in [-0.3, -0.25) is 4.98 Å². The van der Waals surface area contributed by atoms with E-state index in [1.807, 2.05) is 24.3 Å². The lowest BCUT2D eigenvalue weighted by Gasteiger charge is -2.19. The zero-order valence-electron chi connectivity index (χ0n) is 26.8. The SMILES string of the molecule is Cc1c(COc2cc(OCc3cncc(C#N)c3)c(CNC(CO)CO)cc2Cl)cccc1-c1cccc(OCC2CCNC2)c1C. The summed E-state index contributed by atoms with van der Waals surface area (Å²) in [7, 11) is 0. The number of rotatable bonds is 15. The fourth-order valence-electron chi connectivity index (χ4n) is 5.60. The van der Waals surface area contributed by atoms with Gasteiger partial charge in [-0.15, -0.1) is 0 Å². The molecule has 10 heteroatoms. The number of aromatic nitrogens is 1. The molecule has 47 heavy (non-hydrogen) atoms. The van der Waals surface area contributed by atoms with Gasteiger partial charge in [-0.05, 0) is 72.8 Å². The molecule has 4 N–H and O–H groups in total. The molecule has 1 aliphatic heterocycles. The van der Waals surface area contributed by atoms with E-state index < -0.39 is 6.04 Å². The second-order valence-electron chi connectivity index (χ2n) is 11.8. The van der Waals surface area contributed by atoms with Crippen LogP contribution in [0.5, 0.6) is 17.2 Å². The van der Waals surface area contributed by atoms with Gasteiger partial charge in [0.05, 0.1) is 36.4 Å².